The van der Waals surface area contributed by atoms with Gasteiger partial charge in [0.05, 0.1) is 12.2 Å². The van der Waals surface area contributed by atoms with Gasteiger partial charge >= 0.3 is 0 Å². The van der Waals surface area contributed by atoms with Crippen LogP contribution in [0, 0.1) is 4.77 Å². The van der Waals surface area contributed by atoms with Gasteiger partial charge in [-0.1, -0.05) is 24.3 Å². The number of rotatable bonds is 4. The molecule has 2 aromatic heterocycles. The third-order valence-electron chi connectivity index (χ3n) is 2.98. The third kappa shape index (κ3) is 2.52. The van der Waals surface area contributed by atoms with Gasteiger partial charge in [0.15, 0.2) is 0 Å². The summed E-state index contributed by atoms with van der Waals surface area (Å²) in [4.78, 5) is 3.38. The number of aromatic nitrogens is 3. The monoisotopic (exact) mass is 302 g/mol. The lowest BCUT2D eigenvalue weighted by molar-refractivity contribution is 0.852. The summed E-state index contributed by atoms with van der Waals surface area (Å²) in [6.45, 7) is 0.810. The second-order valence-corrected chi connectivity index (χ2v) is 5.85. The maximum atomic E-state index is 5.34. The molecule has 1 N–H and O–H groups in total. The van der Waals surface area contributed by atoms with Crippen molar-refractivity contribution in [3.8, 4) is 5.69 Å². The first-order valence-corrected chi connectivity index (χ1v) is 7.51. The van der Waals surface area contributed by atoms with Crippen molar-refractivity contribution < 1.29 is 0 Å². The molecule has 0 fully saturated rings. The molecular weight excluding hydrogens is 288 g/mol. The number of nitrogens with one attached hydrogen (secondary N) is 1. The molecular formula is C14H14N4S2. The summed E-state index contributed by atoms with van der Waals surface area (Å²) in [7, 11) is 2.02. The Bertz CT molecular complexity index is 728. The molecule has 2 heterocycles. The van der Waals surface area contributed by atoms with E-state index in [1.165, 1.54) is 4.88 Å². The van der Waals surface area contributed by atoms with Crippen LogP contribution < -0.4 is 4.90 Å². The molecule has 0 amide bonds. The molecule has 0 aliphatic carbocycles. The molecule has 3 aromatic rings. The summed E-state index contributed by atoms with van der Waals surface area (Å²) in [5, 5.41) is 9.30. The summed E-state index contributed by atoms with van der Waals surface area (Å²) in [6.07, 6.45) is 0. The Balaban J connectivity index is 1.97. The fourth-order valence-electron chi connectivity index (χ4n) is 2.06. The van der Waals surface area contributed by atoms with E-state index in [0.717, 1.165) is 18.2 Å². The van der Waals surface area contributed by atoms with E-state index in [9.17, 15) is 0 Å². The van der Waals surface area contributed by atoms with Crippen LogP contribution in [0.15, 0.2) is 47.8 Å². The van der Waals surface area contributed by atoms with Gasteiger partial charge < -0.3 is 4.90 Å². The van der Waals surface area contributed by atoms with Crippen LogP contribution in [0.1, 0.15) is 4.88 Å². The van der Waals surface area contributed by atoms with Gasteiger partial charge in [-0.05, 0) is 35.8 Å². The van der Waals surface area contributed by atoms with Gasteiger partial charge in [0.25, 0.3) is 0 Å². The molecule has 0 saturated heterocycles. The number of hydrogen-bond acceptors (Lipinski definition) is 4. The van der Waals surface area contributed by atoms with Crippen LogP contribution in [0.2, 0.25) is 0 Å². The summed E-state index contributed by atoms with van der Waals surface area (Å²) in [5.41, 5.74) is 1.01. The Morgan fingerprint density at radius 1 is 1.25 bits per heavy atom. The second kappa shape index (κ2) is 5.60. The SMILES string of the molecule is CN(Cc1cccs1)c1n[nH]c(=S)n1-c1ccccc1. The second-order valence-electron chi connectivity index (χ2n) is 4.44. The van der Waals surface area contributed by atoms with Gasteiger partial charge in [0.1, 0.15) is 0 Å². The molecule has 3 rings (SSSR count). The number of nitrogens with zero attached hydrogens (tertiary/aromatic N) is 3. The molecule has 6 heteroatoms. The third-order valence-corrected chi connectivity index (χ3v) is 4.12. The van der Waals surface area contributed by atoms with E-state index in [-0.39, 0.29) is 0 Å². The van der Waals surface area contributed by atoms with E-state index in [4.69, 9.17) is 12.2 Å². The summed E-state index contributed by atoms with van der Waals surface area (Å²) in [6, 6.07) is 14.2. The minimum absolute atomic E-state index is 0.601. The van der Waals surface area contributed by atoms with Crippen molar-refractivity contribution in [1.29, 1.82) is 0 Å². The minimum atomic E-state index is 0.601. The largest absolute Gasteiger partial charge is 0.339 e. The maximum absolute atomic E-state index is 5.34. The highest BCUT2D eigenvalue weighted by Gasteiger charge is 2.13. The molecule has 0 radical (unpaired) electrons. The van der Waals surface area contributed by atoms with Crippen molar-refractivity contribution >= 4 is 29.5 Å². The van der Waals surface area contributed by atoms with Gasteiger partial charge in [0, 0.05) is 11.9 Å². The van der Waals surface area contributed by atoms with Crippen molar-refractivity contribution in [2.45, 2.75) is 6.54 Å². The number of aromatic amines is 1. The molecule has 20 heavy (non-hydrogen) atoms. The highest BCUT2D eigenvalue weighted by atomic mass is 32.1. The molecule has 102 valence electrons. The first-order valence-electron chi connectivity index (χ1n) is 6.22. The number of hydrogen-bond donors (Lipinski definition) is 1. The molecule has 0 atom stereocenters. The molecule has 0 aliphatic heterocycles. The van der Waals surface area contributed by atoms with Gasteiger partial charge in [-0.3, -0.25) is 4.57 Å². The zero-order valence-corrected chi connectivity index (χ0v) is 12.6. The molecule has 0 unspecified atom stereocenters. The molecule has 0 aliphatic rings. The van der Waals surface area contributed by atoms with Gasteiger partial charge in [-0.2, -0.15) is 0 Å². The van der Waals surface area contributed by atoms with Gasteiger partial charge in [-0.25, -0.2) is 5.10 Å². The Morgan fingerprint density at radius 2 is 2.05 bits per heavy atom. The van der Waals surface area contributed by atoms with E-state index < -0.39 is 0 Å². The number of thiophene rings is 1. The lowest BCUT2D eigenvalue weighted by Gasteiger charge is -2.18. The molecule has 0 spiro atoms. The predicted molar refractivity (Wildman–Crippen MR) is 85.2 cm³/mol. The average Bonchev–Trinajstić information content (AvgIpc) is 3.09. The van der Waals surface area contributed by atoms with Crippen LogP contribution >= 0.6 is 23.6 Å². The Labute approximate surface area is 126 Å². The van der Waals surface area contributed by atoms with Crippen LogP contribution in [-0.2, 0) is 6.54 Å². The fourth-order valence-corrected chi connectivity index (χ4v) is 3.05. The van der Waals surface area contributed by atoms with E-state index in [1.54, 1.807) is 11.3 Å². The predicted octanol–water partition coefficient (Wildman–Crippen LogP) is 3.63. The summed E-state index contributed by atoms with van der Waals surface area (Å²) < 4.78 is 2.55. The van der Waals surface area contributed by atoms with Crippen molar-refractivity contribution in [2.24, 2.45) is 0 Å². The van der Waals surface area contributed by atoms with E-state index in [1.807, 2.05) is 41.9 Å². The lowest BCUT2D eigenvalue weighted by atomic mass is 10.3. The van der Waals surface area contributed by atoms with Crippen LogP contribution in [0.5, 0.6) is 0 Å². The minimum Gasteiger partial charge on any atom is -0.339 e. The van der Waals surface area contributed by atoms with E-state index >= 15 is 0 Å². The zero-order valence-electron chi connectivity index (χ0n) is 11.0. The van der Waals surface area contributed by atoms with E-state index in [0.29, 0.717) is 4.77 Å². The lowest BCUT2D eigenvalue weighted by Crippen LogP contribution is -2.20. The van der Waals surface area contributed by atoms with Crippen molar-refractivity contribution in [2.75, 3.05) is 11.9 Å². The Morgan fingerprint density at radius 3 is 2.75 bits per heavy atom. The highest BCUT2D eigenvalue weighted by molar-refractivity contribution is 7.71. The topological polar surface area (TPSA) is 36.9 Å². The van der Waals surface area contributed by atoms with Crippen LogP contribution in [0.4, 0.5) is 5.95 Å². The van der Waals surface area contributed by atoms with Gasteiger partial charge in [-0.15, -0.1) is 16.4 Å². The quantitative estimate of drug-likeness (QED) is 0.748. The Kier molecular flexibility index (Phi) is 3.66. The zero-order chi connectivity index (χ0) is 13.9. The smallest absolute Gasteiger partial charge is 0.230 e. The molecule has 1 aromatic carbocycles. The standard InChI is InChI=1S/C14H14N4S2/c1-17(10-12-8-5-9-20-12)13-15-16-14(19)18(13)11-6-3-2-4-7-11/h2-9H,10H2,1H3,(H,16,19). The summed E-state index contributed by atoms with van der Waals surface area (Å²) >= 11 is 7.08. The number of para-hydroxylation sites is 1. The van der Waals surface area contributed by atoms with Crippen molar-refractivity contribution in [3.63, 3.8) is 0 Å². The first-order chi connectivity index (χ1) is 9.75. The van der Waals surface area contributed by atoms with Gasteiger partial charge in [0.2, 0.25) is 10.7 Å². The number of anilines is 1. The summed E-state index contributed by atoms with van der Waals surface area (Å²) in [5.74, 6) is 0.814. The first kappa shape index (κ1) is 13.1. The number of benzene rings is 1. The molecule has 0 bridgehead atoms. The number of H-pyrrole nitrogens is 1. The fraction of sp³-hybridized carbons (Fsp3) is 0.143. The van der Waals surface area contributed by atoms with Crippen LogP contribution in [0.25, 0.3) is 5.69 Å². The maximum Gasteiger partial charge on any atom is 0.230 e. The van der Waals surface area contributed by atoms with Crippen LogP contribution in [0.3, 0.4) is 0 Å². The van der Waals surface area contributed by atoms with Crippen molar-refractivity contribution in [1.82, 2.24) is 14.8 Å². The Hall–Kier alpha value is -1.92. The van der Waals surface area contributed by atoms with Crippen LogP contribution in [-0.4, -0.2) is 21.8 Å². The highest BCUT2D eigenvalue weighted by Crippen LogP contribution is 2.20. The molecule has 4 nitrogen and oxygen atoms in total. The van der Waals surface area contributed by atoms with Crippen molar-refractivity contribution in [3.05, 3.63) is 57.5 Å². The molecule has 0 saturated carbocycles. The van der Waals surface area contributed by atoms with E-state index in [2.05, 4.69) is 32.6 Å². The normalized spacial score (nSPS) is 10.7. The average molecular weight is 302 g/mol.